The van der Waals surface area contributed by atoms with Crippen molar-refractivity contribution in [2.24, 2.45) is 5.10 Å². The summed E-state index contributed by atoms with van der Waals surface area (Å²) in [4.78, 5) is 17.7. The molecule has 0 radical (unpaired) electrons. The van der Waals surface area contributed by atoms with Gasteiger partial charge < -0.3 is 9.47 Å². The predicted molar refractivity (Wildman–Crippen MR) is 126 cm³/mol. The van der Waals surface area contributed by atoms with E-state index in [1.807, 2.05) is 79.7 Å². The third-order valence-corrected chi connectivity index (χ3v) is 4.90. The lowest BCUT2D eigenvalue weighted by Crippen LogP contribution is -2.18. The van der Waals surface area contributed by atoms with E-state index >= 15 is 0 Å². The third kappa shape index (κ3) is 4.75. The highest BCUT2D eigenvalue weighted by Crippen LogP contribution is 2.27. The summed E-state index contributed by atoms with van der Waals surface area (Å²) in [7, 11) is 1.62. The van der Waals surface area contributed by atoms with Crippen LogP contribution in [0, 0.1) is 0 Å². The van der Waals surface area contributed by atoms with Crippen LogP contribution in [0.15, 0.2) is 84.0 Å². The van der Waals surface area contributed by atoms with Crippen LogP contribution in [0.3, 0.4) is 0 Å². The van der Waals surface area contributed by atoms with Crippen molar-refractivity contribution >= 4 is 23.0 Å². The van der Waals surface area contributed by atoms with E-state index in [-0.39, 0.29) is 5.91 Å². The smallest absolute Gasteiger partial charge is 0.272 e. The maximum Gasteiger partial charge on any atom is 0.272 e. The van der Waals surface area contributed by atoms with Crippen LogP contribution in [0.2, 0.25) is 0 Å². The number of hydrogen-bond acceptors (Lipinski definition) is 5. The molecule has 0 spiro atoms. The first-order valence-corrected chi connectivity index (χ1v) is 10.3. The van der Waals surface area contributed by atoms with Gasteiger partial charge in [-0.05, 0) is 61.0 Å². The number of aromatic nitrogens is 1. The van der Waals surface area contributed by atoms with Gasteiger partial charge in [0, 0.05) is 10.9 Å². The van der Waals surface area contributed by atoms with Gasteiger partial charge in [-0.15, -0.1) is 0 Å². The van der Waals surface area contributed by atoms with Crippen LogP contribution < -0.4 is 14.9 Å². The summed E-state index contributed by atoms with van der Waals surface area (Å²) in [5.41, 5.74) is 6.25. The van der Waals surface area contributed by atoms with Crippen molar-refractivity contribution in [1.29, 1.82) is 0 Å². The molecule has 0 bridgehead atoms. The van der Waals surface area contributed by atoms with Gasteiger partial charge in [-0.1, -0.05) is 30.3 Å². The first kappa shape index (κ1) is 21.1. The molecule has 0 saturated heterocycles. The minimum atomic E-state index is -0.310. The highest BCUT2D eigenvalue weighted by atomic mass is 16.5. The lowest BCUT2D eigenvalue weighted by Gasteiger charge is -2.10. The number of methoxy groups -OCH3 is 1. The van der Waals surface area contributed by atoms with E-state index in [9.17, 15) is 4.79 Å². The Labute approximate surface area is 186 Å². The molecule has 0 saturated carbocycles. The van der Waals surface area contributed by atoms with Gasteiger partial charge in [0.05, 0.1) is 36.7 Å². The largest absolute Gasteiger partial charge is 0.497 e. The topological polar surface area (TPSA) is 72.8 Å². The molecular weight excluding hydrogens is 402 g/mol. The summed E-state index contributed by atoms with van der Waals surface area (Å²) in [6.45, 7) is 2.55. The van der Waals surface area contributed by atoms with E-state index < -0.39 is 0 Å². The molecule has 0 atom stereocenters. The Kier molecular flexibility index (Phi) is 6.41. The lowest BCUT2D eigenvalue weighted by molar-refractivity contribution is 0.0956. The summed E-state index contributed by atoms with van der Waals surface area (Å²) in [6.07, 6.45) is 1.60. The summed E-state index contributed by atoms with van der Waals surface area (Å²) in [5, 5.41) is 4.88. The molecule has 3 aromatic carbocycles. The van der Waals surface area contributed by atoms with Crippen molar-refractivity contribution in [3.63, 3.8) is 0 Å². The minimum absolute atomic E-state index is 0.310. The number of amides is 1. The van der Waals surface area contributed by atoms with Crippen molar-refractivity contribution in [2.45, 2.75) is 6.92 Å². The number of benzene rings is 3. The van der Waals surface area contributed by atoms with Crippen LogP contribution in [0.25, 0.3) is 22.2 Å². The fourth-order valence-electron chi connectivity index (χ4n) is 3.34. The number of nitrogens with one attached hydrogen (secondary N) is 1. The molecule has 4 rings (SSSR count). The summed E-state index contributed by atoms with van der Waals surface area (Å²) >= 11 is 0. The number of pyridine rings is 1. The van der Waals surface area contributed by atoms with Crippen LogP contribution in [-0.2, 0) is 0 Å². The van der Waals surface area contributed by atoms with E-state index in [0.29, 0.717) is 17.9 Å². The molecule has 0 aliphatic heterocycles. The van der Waals surface area contributed by atoms with Gasteiger partial charge in [-0.25, -0.2) is 10.4 Å². The average Bonchev–Trinajstić information content (AvgIpc) is 2.84. The van der Waals surface area contributed by atoms with Crippen LogP contribution in [0.4, 0.5) is 0 Å². The number of hydrazone groups is 1. The summed E-state index contributed by atoms with van der Waals surface area (Å²) < 4.78 is 10.8. The Hall–Kier alpha value is -4.19. The van der Waals surface area contributed by atoms with Crippen molar-refractivity contribution in [3.05, 3.63) is 90.0 Å². The first-order chi connectivity index (χ1) is 15.7. The van der Waals surface area contributed by atoms with E-state index in [1.165, 1.54) is 0 Å². The molecular formula is C26H23N3O3. The van der Waals surface area contributed by atoms with Gasteiger partial charge in [0.25, 0.3) is 5.91 Å². The van der Waals surface area contributed by atoms with Crippen LogP contribution >= 0.6 is 0 Å². The number of carbonyl (C=O) groups is 1. The Morgan fingerprint density at radius 1 is 1.00 bits per heavy atom. The molecule has 0 aliphatic rings. The minimum Gasteiger partial charge on any atom is -0.497 e. The molecule has 6 heteroatoms. The molecule has 1 aromatic heterocycles. The highest BCUT2D eigenvalue weighted by molar-refractivity contribution is 6.07. The standard InChI is InChI=1S/C26H23N3O3/c1-3-32-20-13-11-18(12-14-20)17-27-29-26(30)23-16-25(19-7-6-8-21(15-19)31-2)28-24-10-5-4-9-22(23)24/h4-17H,3H2,1-2H3,(H,29,30)/b27-17-. The van der Waals surface area contributed by atoms with E-state index in [1.54, 1.807) is 19.4 Å². The zero-order chi connectivity index (χ0) is 22.3. The van der Waals surface area contributed by atoms with Gasteiger partial charge >= 0.3 is 0 Å². The number of hydrogen-bond donors (Lipinski definition) is 1. The zero-order valence-corrected chi connectivity index (χ0v) is 17.9. The quantitative estimate of drug-likeness (QED) is 0.331. The first-order valence-electron chi connectivity index (χ1n) is 10.3. The molecule has 0 aliphatic carbocycles. The summed E-state index contributed by atoms with van der Waals surface area (Å²) in [6, 6.07) is 24.4. The molecule has 1 heterocycles. The number of para-hydroxylation sites is 1. The van der Waals surface area contributed by atoms with Crippen LogP contribution in [0.5, 0.6) is 11.5 Å². The number of rotatable bonds is 7. The zero-order valence-electron chi connectivity index (χ0n) is 17.9. The van der Waals surface area contributed by atoms with E-state index in [0.717, 1.165) is 33.5 Å². The molecule has 1 amide bonds. The van der Waals surface area contributed by atoms with Crippen molar-refractivity contribution in [3.8, 4) is 22.8 Å². The second-order valence-corrected chi connectivity index (χ2v) is 7.01. The van der Waals surface area contributed by atoms with Crippen molar-refractivity contribution in [1.82, 2.24) is 10.4 Å². The molecule has 4 aromatic rings. The normalized spacial score (nSPS) is 10.9. The van der Waals surface area contributed by atoms with Gasteiger partial charge in [0.15, 0.2) is 0 Å². The highest BCUT2D eigenvalue weighted by Gasteiger charge is 2.14. The maximum absolute atomic E-state index is 13.0. The fraction of sp³-hybridized carbons (Fsp3) is 0.115. The van der Waals surface area contributed by atoms with E-state index in [4.69, 9.17) is 14.5 Å². The number of carbonyl (C=O) groups excluding carboxylic acids is 1. The molecule has 1 N–H and O–H groups in total. The average molecular weight is 425 g/mol. The molecule has 160 valence electrons. The Morgan fingerprint density at radius 2 is 1.81 bits per heavy atom. The SMILES string of the molecule is CCOc1ccc(/C=N\NC(=O)c2cc(-c3cccc(OC)c3)nc3ccccc23)cc1. The summed E-state index contributed by atoms with van der Waals surface area (Å²) in [5.74, 6) is 1.21. The molecule has 0 unspecified atom stereocenters. The Bertz CT molecular complexity index is 1270. The maximum atomic E-state index is 13.0. The van der Waals surface area contributed by atoms with Gasteiger partial charge in [0.2, 0.25) is 0 Å². The number of nitrogens with zero attached hydrogens (tertiary/aromatic N) is 2. The van der Waals surface area contributed by atoms with Crippen LogP contribution in [-0.4, -0.2) is 30.8 Å². The monoisotopic (exact) mass is 425 g/mol. The van der Waals surface area contributed by atoms with E-state index in [2.05, 4.69) is 10.5 Å². The molecule has 32 heavy (non-hydrogen) atoms. The second kappa shape index (κ2) is 9.75. The van der Waals surface area contributed by atoms with Gasteiger partial charge in [-0.2, -0.15) is 5.10 Å². The van der Waals surface area contributed by atoms with Crippen molar-refractivity contribution < 1.29 is 14.3 Å². The van der Waals surface area contributed by atoms with Crippen LogP contribution in [0.1, 0.15) is 22.8 Å². The molecule has 0 fully saturated rings. The lowest BCUT2D eigenvalue weighted by atomic mass is 10.0. The fourth-order valence-corrected chi connectivity index (χ4v) is 3.34. The number of ether oxygens (including phenoxy) is 2. The van der Waals surface area contributed by atoms with Gasteiger partial charge in [-0.3, -0.25) is 4.79 Å². The van der Waals surface area contributed by atoms with Gasteiger partial charge in [0.1, 0.15) is 11.5 Å². The Morgan fingerprint density at radius 3 is 2.59 bits per heavy atom. The number of fused-ring (bicyclic) bond motifs is 1. The Balaban J connectivity index is 1.61. The third-order valence-electron chi connectivity index (χ3n) is 4.90. The predicted octanol–water partition coefficient (Wildman–Crippen LogP) is 5.07. The molecule has 6 nitrogen and oxygen atoms in total. The van der Waals surface area contributed by atoms with Crippen molar-refractivity contribution in [2.75, 3.05) is 13.7 Å². The second-order valence-electron chi connectivity index (χ2n) is 7.01.